The summed E-state index contributed by atoms with van der Waals surface area (Å²) in [5.41, 5.74) is 9.93. The molecule has 0 aliphatic carbocycles. The van der Waals surface area contributed by atoms with E-state index < -0.39 is 0 Å². The summed E-state index contributed by atoms with van der Waals surface area (Å²) in [7, 11) is 0. The normalized spacial score (nSPS) is 18.7. The molecule has 4 aromatic carbocycles. The van der Waals surface area contributed by atoms with Crippen molar-refractivity contribution in [3.05, 3.63) is 130 Å². The van der Waals surface area contributed by atoms with Gasteiger partial charge < -0.3 is 0 Å². The Bertz CT molecular complexity index is 1410. The molecule has 0 aromatic heterocycles. The third-order valence-corrected chi connectivity index (χ3v) is 6.91. The van der Waals surface area contributed by atoms with E-state index in [4.69, 9.17) is 4.99 Å². The first-order chi connectivity index (χ1) is 16.6. The number of aryl methyl sites for hydroxylation is 3. The number of hydrogen-bond acceptors (Lipinski definition) is 2. The summed E-state index contributed by atoms with van der Waals surface area (Å²) in [6.45, 7) is 6.58. The highest BCUT2D eigenvalue weighted by Crippen LogP contribution is 2.45. The molecule has 0 saturated carbocycles. The van der Waals surface area contributed by atoms with E-state index >= 15 is 0 Å². The number of amidine groups is 1. The number of rotatable bonds is 3. The second kappa shape index (κ2) is 8.11. The molecule has 4 aromatic rings. The van der Waals surface area contributed by atoms with E-state index in [1.807, 2.05) is 0 Å². The van der Waals surface area contributed by atoms with Crippen LogP contribution in [-0.4, -0.2) is 16.7 Å². The Balaban J connectivity index is 1.60. The quantitative estimate of drug-likeness (QED) is 0.311. The van der Waals surface area contributed by atoms with E-state index in [0.29, 0.717) is 0 Å². The predicted octanol–water partition coefficient (Wildman–Crippen LogP) is 7.05. The van der Waals surface area contributed by atoms with Crippen molar-refractivity contribution < 1.29 is 4.58 Å². The summed E-state index contributed by atoms with van der Waals surface area (Å²) in [5.74, 6) is 1.04. The minimum Gasteiger partial charge on any atom is -0.231 e. The van der Waals surface area contributed by atoms with Crippen LogP contribution in [0.1, 0.15) is 45.5 Å². The molecule has 2 aliphatic heterocycles. The van der Waals surface area contributed by atoms with E-state index in [1.165, 1.54) is 44.8 Å². The van der Waals surface area contributed by atoms with E-state index in [-0.39, 0.29) is 12.1 Å². The van der Waals surface area contributed by atoms with Crippen LogP contribution in [0.2, 0.25) is 0 Å². The first-order valence-corrected chi connectivity index (χ1v) is 11.9. The van der Waals surface area contributed by atoms with Gasteiger partial charge in [0.05, 0.1) is 5.56 Å². The van der Waals surface area contributed by atoms with Crippen LogP contribution in [0.25, 0.3) is 0 Å². The van der Waals surface area contributed by atoms with Crippen molar-refractivity contribution in [3.63, 3.8) is 0 Å². The highest BCUT2D eigenvalue weighted by Gasteiger charge is 2.46. The summed E-state index contributed by atoms with van der Waals surface area (Å²) >= 11 is 0. The van der Waals surface area contributed by atoms with Gasteiger partial charge in [0, 0.05) is 0 Å². The number of aliphatic imine (C=N–C) groups is 1. The maximum atomic E-state index is 5.35. The Morgan fingerprint density at radius 3 is 1.97 bits per heavy atom. The standard InChI is InChI=1S/C31H28N3/c1-21-18-22(2)29(23(3)19-21)33-20-34-30(25-14-8-5-9-15-25)28(24-12-6-4-7-13-24)32-31(34)26-16-10-11-17-27(26)33/h4-20,28,30H,1-3H3/q+1/t28-,30-/m1/s1. The lowest BCUT2D eigenvalue weighted by Crippen LogP contribution is -2.36. The Hall–Kier alpha value is -3.98. The van der Waals surface area contributed by atoms with Crippen molar-refractivity contribution in [2.75, 3.05) is 4.90 Å². The van der Waals surface area contributed by atoms with Crippen LogP contribution in [0.4, 0.5) is 11.4 Å². The Morgan fingerprint density at radius 1 is 0.706 bits per heavy atom. The van der Waals surface area contributed by atoms with Gasteiger partial charge in [0.15, 0.2) is 12.4 Å². The summed E-state index contributed by atoms with van der Waals surface area (Å²) in [4.78, 5) is 7.71. The molecule has 0 amide bonds. The van der Waals surface area contributed by atoms with Crippen molar-refractivity contribution in [3.8, 4) is 0 Å². The highest BCUT2D eigenvalue weighted by atomic mass is 15.3. The van der Waals surface area contributed by atoms with Crippen LogP contribution < -0.4 is 4.90 Å². The Labute approximate surface area is 201 Å². The molecular formula is C31H28N3+. The Morgan fingerprint density at radius 2 is 1.29 bits per heavy atom. The predicted molar refractivity (Wildman–Crippen MR) is 140 cm³/mol. The van der Waals surface area contributed by atoms with Gasteiger partial charge in [-0.25, -0.2) is 9.48 Å². The summed E-state index contributed by atoms with van der Waals surface area (Å²) in [5, 5.41) is 0. The van der Waals surface area contributed by atoms with Gasteiger partial charge in [0.2, 0.25) is 0 Å². The van der Waals surface area contributed by atoms with E-state index in [0.717, 1.165) is 5.84 Å². The molecule has 3 heteroatoms. The zero-order valence-electron chi connectivity index (χ0n) is 19.8. The zero-order valence-corrected chi connectivity index (χ0v) is 19.8. The molecule has 0 saturated heterocycles. The van der Waals surface area contributed by atoms with Gasteiger partial charge in [-0.3, -0.25) is 0 Å². The SMILES string of the molecule is Cc1cc(C)c(N2C=[N+]3C(=N[C@H](c4ccccc4)[C@H]3c3ccccc3)c3ccccc32)c(C)c1. The van der Waals surface area contributed by atoms with E-state index in [9.17, 15) is 0 Å². The fourth-order valence-corrected chi connectivity index (χ4v) is 5.58. The average molecular weight is 443 g/mol. The molecule has 6 rings (SSSR count). The van der Waals surface area contributed by atoms with Crippen LogP contribution in [0.15, 0.2) is 102 Å². The number of fused-ring (bicyclic) bond motifs is 3. The molecule has 0 fully saturated rings. The van der Waals surface area contributed by atoms with Crippen molar-refractivity contribution in [2.24, 2.45) is 4.99 Å². The molecule has 34 heavy (non-hydrogen) atoms. The van der Waals surface area contributed by atoms with Gasteiger partial charge in [-0.05, 0) is 55.2 Å². The Kier molecular flexibility index (Phi) is 4.91. The minimum absolute atomic E-state index is 0.0167. The molecule has 2 heterocycles. The maximum Gasteiger partial charge on any atom is 0.269 e. The van der Waals surface area contributed by atoms with Crippen LogP contribution >= 0.6 is 0 Å². The largest absolute Gasteiger partial charge is 0.269 e. The smallest absolute Gasteiger partial charge is 0.231 e. The molecular weight excluding hydrogens is 414 g/mol. The number of hydrogen-bond donors (Lipinski definition) is 0. The van der Waals surface area contributed by atoms with Crippen LogP contribution in [-0.2, 0) is 0 Å². The summed E-state index contributed by atoms with van der Waals surface area (Å²) in [6.07, 6.45) is 2.27. The first-order valence-electron chi connectivity index (χ1n) is 11.9. The second-order valence-corrected chi connectivity index (χ2v) is 9.32. The fraction of sp³-hybridized carbons (Fsp3) is 0.161. The van der Waals surface area contributed by atoms with Crippen LogP contribution in [0.3, 0.4) is 0 Å². The first kappa shape index (κ1) is 20.6. The molecule has 2 atom stereocenters. The van der Waals surface area contributed by atoms with Gasteiger partial charge in [-0.15, -0.1) is 4.99 Å². The van der Waals surface area contributed by atoms with E-state index in [1.54, 1.807) is 0 Å². The van der Waals surface area contributed by atoms with Crippen molar-refractivity contribution in [2.45, 2.75) is 32.9 Å². The molecule has 3 nitrogen and oxygen atoms in total. The molecule has 0 unspecified atom stereocenters. The van der Waals surface area contributed by atoms with Crippen molar-refractivity contribution >= 4 is 23.5 Å². The lowest BCUT2D eigenvalue weighted by atomic mass is 9.94. The molecule has 0 bridgehead atoms. The van der Waals surface area contributed by atoms with Gasteiger partial charge in [0.25, 0.3) is 5.84 Å². The van der Waals surface area contributed by atoms with Crippen LogP contribution in [0, 0.1) is 20.8 Å². The van der Waals surface area contributed by atoms with Gasteiger partial charge in [-0.2, -0.15) is 0 Å². The molecule has 166 valence electrons. The number of nitrogens with zero attached hydrogens (tertiary/aromatic N) is 3. The zero-order chi connectivity index (χ0) is 23.2. The van der Waals surface area contributed by atoms with Crippen molar-refractivity contribution in [1.29, 1.82) is 0 Å². The fourth-order valence-electron chi connectivity index (χ4n) is 5.58. The molecule has 2 aliphatic rings. The lowest BCUT2D eigenvalue weighted by molar-refractivity contribution is -0.450. The summed E-state index contributed by atoms with van der Waals surface area (Å²) in [6, 6.07) is 34.7. The third kappa shape index (κ3) is 3.28. The second-order valence-electron chi connectivity index (χ2n) is 9.32. The number of anilines is 2. The van der Waals surface area contributed by atoms with E-state index in [2.05, 4.69) is 134 Å². The molecule has 0 N–H and O–H groups in total. The lowest BCUT2D eigenvalue weighted by Gasteiger charge is -2.28. The number of benzene rings is 4. The monoisotopic (exact) mass is 442 g/mol. The average Bonchev–Trinajstić information content (AvgIpc) is 3.24. The van der Waals surface area contributed by atoms with Crippen molar-refractivity contribution in [1.82, 2.24) is 0 Å². The third-order valence-electron chi connectivity index (χ3n) is 6.91. The van der Waals surface area contributed by atoms with Gasteiger partial charge >= 0.3 is 0 Å². The van der Waals surface area contributed by atoms with Crippen LogP contribution in [0.5, 0.6) is 0 Å². The number of para-hydroxylation sites is 1. The minimum atomic E-state index is 0.0167. The highest BCUT2D eigenvalue weighted by molar-refractivity contribution is 6.09. The maximum absolute atomic E-state index is 5.35. The topological polar surface area (TPSA) is 18.6 Å². The molecule has 0 radical (unpaired) electrons. The van der Waals surface area contributed by atoms with Gasteiger partial charge in [-0.1, -0.05) is 90.5 Å². The summed E-state index contributed by atoms with van der Waals surface area (Å²) < 4.78 is 2.38. The molecule has 0 spiro atoms. The van der Waals surface area contributed by atoms with Gasteiger partial charge in [0.1, 0.15) is 17.4 Å².